The van der Waals surface area contributed by atoms with E-state index in [1.807, 2.05) is 11.3 Å². The Labute approximate surface area is 187 Å². The van der Waals surface area contributed by atoms with Crippen LogP contribution in [-0.2, 0) is 0 Å². The molecule has 0 aliphatic rings. The van der Waals surface area contributed by atoms with Crippen molar-refractivity contribution in [3.05, 3.63) is 165 Å². The van der Waals surface area contributed by atoms with Crippen LogP contribution in [0.25, 0.3) is 11.1 Å². The molecule has 0 spiro atoms. The predicted octanol–water partition coefficient (Wildman–Crippen LogP) is 6.24. The van der Waals surface area contributed by atoms with E-state index in [1.165, 1.54) is 42.5 Å². The van der Waals surface area contributed by atoms with Crippen LogP contribution in [0.1, 0.15) is 22.3 Å². The van der Waals surface area contributed by atoms with Gasteiger partial charge in [0.2, 0.25) is 0 Å². The first-order chi connectivity index (χ1) is 15.4. The highest BCUT2D eigenvalue weighted by atomic mass is 32.1. The Kier molecular flexibility index (Phi) is 5.60. The molecule has 5 aromatic rings. The first-order valence-corrected chi connectivity index (χ1v) is 11.3. The molecule has 0 unspecified atom stereocenters. The lowest BCUT2D eigenvalue weighted by Gasteiger charge is -2.08. The summed E-state index contributed by atoms with van der Waals surface area (Å²) in [6, 6.07) is 47.3. The maximum absolute atomic E-state index is 2.27. The summed E-state index contributed by atoms with van der Waals surface area (Å²) in [5.41, 5.74) is 7.51. The molecule has 31 heavy (non-hydrogen) atoms. The van der Waals surface area contributed by atoms with Crippen LogP contribution in [0.4, 0.5) is 0 Å². The van der Waals surface area contributed by atoms with E-state index in [0.29, 0.717) is 0 Å². The van der Waals surface area contributed by atoms with Gasteiger partial charge in [-0.25, -0.2) is 0 Å². The lowest BCUT2D eigenvalue weighted by atomic mass is 9.98. The summed E-state index contributed by atoms with van der Waals surface area (Å²) in [5.74, 6) is 0. The summed E-state index contributed by atoms with van der Waals surface area (Å²) in [6.07, 6.45) is 0. The zero-order valence-corrected chi connectivity index (χ0v) is 17.9. The standard InChI is InChI=1S/C30H22S/c1-5-13-23(14-6-1)29(24-15-7-2-8-16-24)27-21-22-28(31-27)30(25-17-9-3-10-18-25)26-19-11-4-12-20-26/h1-22H. The van der Waals surface area contributed by atoms with Gasteiger partial charge in [-0.05, 0) is 34.4 Å². The summed E-state index contributed by atoms with van der Waals surface area (Å²) in [6.45, 7) is 0. The van der Waals surface area contributed by atoms with Crippen LogP contribution in [0.5, 0.6) is 0 Å². The lowest BCUT2D eigenvalue weighted by molar-refractivity contribution is 1.53. The van der Waals surface area contributed by atoms with Gasteiger partial charge in [0, 0.05) is 20.2 Å². The van der Waals surface area contributed by atoms with Gasteiger partial charge >= 0.3 is 0 Å². The second-order valence-corrected chi connectivity index (χ2v) is 8.46. The van der Waals surface area contributed by atoms with Gasteiger partial charge in [-0.2, -0.15) is 0 Å². The number of hydrogen-bond donors (Lipinski definition) is 0. The van der Waals surface area contributed by atoms with Gasteiger partial charge in [-0.1, -0.05) is 121 Å². The SMILES string of the molecule is c1ccc(C(c2ccccc2)=c2ccc(=C(c3ccccc3)c3ccccc3)s2)cc1. The van der Waals surface area contributed by atoms with Gasteiger partial charge < -0.3 is 0 Å². The fourth-order valence-corrected chi connectivity index (χ4v) is 5.11. The summed E-state index contributed by atoms with van der Waals surface area (Å²) >= 11 is 1.85. The van der Waals surface area contributed by atoms with Gasteiger partial charge in [0.15, 0.2) is 0 Å². The van der Waals surface area contributed by atoms with E-state index in [2.05, 4.69) is 133 Å². The van der Waals surface area contributed by atoms with E-state index >= 15 is 0 Å². The van der Waals surface area contributed by atoms with Gasteiger partial charge in [-0.15, -0.1) is 11.3 Å². The van der Waals surface area contributed by atoms with Crippen molar-refractivity contribution in [2.45, 2.75) is 0 Å². The molecule has 0 atom stereocenters. The predicted molar refractivity (Wildman–Crippen MR) is 133 cm³/mol. The van der Waals surface area contributed by atoms with Crippen molar-refractivity contribution in [1.82, 2.24) is 0 Å². The number of thiophene rings is 1. The second kappa shape index (κ2) is 8.99. The summed E-state index contributed by atoms with van der Waals surface area (Å²) < 4.78 is 2.55. The number of rotatable bonds is 4. The lowest BCUT2D eigenvalue weighted by Crippen LogP contribution is -2.06. The number of hydrogen-bond acceptors (Lipinski definition) is 1. The minimum Gasteiger partial charge on any atom is -0.135 e. The topological polar surface area (TPSA) is 0 Å². The smallest absolute Gasteiger partial charge is 0.0361 e. The van der Waals surface area contributed by atoms with Gasteiger partial charge in [0.25, 0.3) is 0 Å². The molecule has 0 saturated carbocycles. The molecule has 0 saturated heterocycles. The quantitative estimate of drug-likeness (QED) is 0.326. The molecule has 0 radical (unpaired) electrons. The maximum atomic E-state index is 2.27. The fourth-order valence-electron chi connectivity index (χ4n) is 3.93. The van der Waals surface area contributed by atoms with Crippen LogP contribution >= 0.6 is 11.3 Å². The van der Waals surface area contributed by atoms with Crippen molar-refractivity contribution in [3.8, 4) is 0 Å². The third-order valence-electron chi connectivity index (χ3n) is 5.35. The minimum atomic E-state index is 1.24. The Bertz CT molecular complexity index is 1190. The Hall–Kier alpha value is -3.68. The van der Waals surface area contributed by atoms with Crippen LogP contribution in [0.3, 0.4) is 0 Å². The monoisotopic (exact) mass is 414 g/mol. The van der Waals surface area contributed by atoms with E-state index in [9.17, 15) is 0 Å². The maximum Gasteiger partial charge on any atom is 0.0361 e. The van der Waals surface area contributed by atoms with E-state index < -0.39 is 0 Å². The van der Waals surface area contributed by atoms with E-state index in [0.717, 1.165) is 0 Å². The van der Waals surface area contributed by atoms with Gasteiger partial charge in [0.05, 0.1) is 0 Å². The molecule has 1 aromatic heterocycles. The highest BCUT2D eigenvalue weighted by Crippen LogP contribution is 2.23. The molecule has 4 aromatic carbocycles. The van der Waals surface area contributed by atoms with Crippen molar-refractivity contribution in [1.29, 1.82) is 0 Å². The minimum absolute atomic E-state index is 1.24. The molecule has 148 valence electrons. The van der Waals surface area contributed by atoms with Crippen LogP contribution in [-0.4, -0.2) is 0 Å². The molecular formula is C30H22S. The van der Waals surface area contributed by atoms with Crippen LogP contribution in [0.15, 0.2) is 133 Å². The van der Waals surface area contributed by atoms with Crippen LogP contribution in [0, 0.1) is 0 Å². The van der Waals surface area contributed by atoms with Gasteiger partial charge in [0.1, 0.15) is 0 Å². The summed E-state index contributed by atoms with van der Waals surface area (Å²) in [7, 11) is 0. The molecule has 0 aliphatic heterocycles. The molecular weight excluding hydrogens is 392 g/mol. The number of benzene rings is 4. The molecule has 0 amide bonds. The first kappa shape index (κ1) is 19.3. The molecule has 1 heteroatoms. The highest BCUT2D eigenvalue weighted by molar-refractivity contribution is 7.08. The van der Waals surface area contributed by atoms with Crippen molar-refractivity contribution in [3.63, 3.8) is 0 Å². The molecule has 0 bridgehead atoms. The van der Waals surface area contributed by atoms with Crippen molar-refractivity contribution in [2.24, 2.45) is 0 Å². The molecule has 0 nitrogen and oxygen atoms in total. The molecule has 1 heterocycles. The first-order valence-electron chi connectivity index (χ1n) is 10.5. The molecule has 0 N–H and O–H groups in total. The Morgan fingerprint density at radius 2 is 0.581 bits per heavy atom. The summed E-state index contributed by atoms with van der Waals surface area (Å²) in [5, 5.41) is 0. The van der Waals surface area contributed by atoms with Crippen LogP contribution in [0.2, 0.25) is 0 Å². The van der Waals surface area contributed by atoms with E-state index in [1.54, 1.807) is 0 Å². The van der Waals surface area contributed by atoms with Gasteiger partial charge in [-0.3, -0.25) is 0 Å². The van der Waals surface area contributed by atoms with E-state index in [4.69, 9.17) is 0 Å². The Morgan fingerprint density at radius 1 is 0.323 bits per heavy atom. The summed E-state index contributed by atoms with van der Waals surface area (Å²) in [4.78, 5) is 0. The Balaban J connectivity index is 1.83. The van der Waals surface area contributed by atoms with Crippen molar-refractivity contribution >= 4 is 22.5 Å². The second-order valence-electron chi connectivity index (χ2n) is 7.38. The highest BCUT2D eigenvalue weighted by Gasteiger charge is 2.10. The average Bonchev–Trinajstić information content (AvgIpc) is 3.31. The zero-order valence-electron chi connectivity index (χ0n) is 17.1. The Morgan fingerprint density at radius 3 is 0.839 bits per heavy atom. The molecule has 5 rings (SSSR count). The van der Waals surface area contributed by atoms with Crippen molar-refractivity contribution in [2.75, 3.05) is 0 Å². The van der Waals surface area contributed by atoms with E-state index in [-0.39, 0.29) is 0 Å². The normalized spacial score (nSPS) is 10.6. The third-order valence-corrected chi connectivity index (χ3v) is 6.47. The average molecular weight is 415 g/mol. The largest absolute Gasteiger partial charge is 0.135 e. The fraction of sp³-hybridized carbons (Fsp3) is 0. The van der Waals surface area contributed by atoms with Crippen LogP contribution < -0.4 is 9.06 Å². The molecule has 0 aliphatic carbocycles. The third kappa shape index (κ3) is 4.14. The van der Waals surface area contributed by atoms with Crippen molar-refractivity contribution < 1.29 is 0 Å². The zero-order chi connectivity index (χ0) is 20.9. The molecule has 0 fully saturated rings.